The zero-order valence-corrected chi connectivity index (χ0v) is 20.6. The molecule has 2 aromatic carbocycles. The van der Waals surface area contributed by atoms with Gasteiger partial charge in [0.15, 0.2) is 0 Å². The lowest BCUT2D eigenvalue weighted by Gasteiger charge is -2.22. The van der Waals surface area contributed by atoms with Crippen molar-refractivity contribution in [2.75, 3.05) is 0 Å². The minimum atomic E-state index is -0.626. The molecule has 1 atom stereocenters. The van der Waals surface area contributed by atoms with E-state index in [0.717, 1.165) is 16.7 Å². The number of carbonyl (C=O) groups excluding carboxylic acids is 3. The summed E-state index contributed by atoms with van der Waals surface area (Å²) in [7, 11) is 0. The topological polar surface area (TPSA) is 69.7 Å². The zero-order chi connectivity index (χ0) is 24.6. The average Bonchev–Trinajstić information content (AvgIpc) is 2.70. The third-order valence-electron chi connectivity index (χ3n) is 4.83. The number of ketones is 1. The maximum atomic E-state index is 13.0. The molecule has 5 heteroatoms. The summed E-state index contributed by atoms with van der Waals surface area (Å²) in [6.45, 7) is 10.8. The lowest BCUT2D eigenvalue weighted by atomic mass is 9.89. The van der Waals surface area contributed by atoms with E-state index in [9.17, 15) is 14.4 Å². The van der Waals surface area contributed by atoms with Gasteiger partial charge in [-0.15, -0.1) is 0 Å². The van der Waals surface area contributed by atoms with Gasteiger partial charge in [0.05, 0.1) is 12.8 Å². The molecule has 0 saturated carbocycles. The van der Waals surface area contributed by atoms with Crippen molar-refractivity contribution in [3.63, 3.8) is 0 Å². The zero-order valence-electron chi connectivity index (χ0n) is 20.6. The van der Waals surface area contributed by atoms with Crippen LogP contribution >= 0.6 is 0 Å². The van der Waals surface area contributed by atoms with Crippen LogP contribution in [-0.4, -0.2) is 28.9 Å². The van der Waals surface area contributed by atoms with Crippen molar-refractivity contribution in [1.29, 1.82) is 0 Å². The Hall–Kier alpha value is -2.95. The molecule has 0 aliphatic heterocycles. The van der Waals surface area contributed by atoms with Crippen LogP contribution < -0.4 is 0 Å². The van der Waals surface area contributed by atoms with E-state index in [1.54, 1.807) is 41.5 Å². The molecular weight excluding hydrogens is 416 g/mol. The fraction of sp³-hybridized carbons (Fsp3) is 0.464. The van der Waals surface area contributed by atoms with Crippen LogP contribution in [0.25, 0.3) is 11.1 Å². The second kappa shape index (κ2) is 11.3. The highest BCUT2D eigenvalue weighted by molar-refractivity contribution is 5.88. The highest BCUT2D eigenvalue weighted by Crippen LogP contribution is 2.23. The minimum Gasteiger partial charge on any atom is -0.460 e. The lowest BCUT2D eigenvalue weighted by Crippen LogP contribution is -2.29. The van der Waals surface area contributed by atoms with Gasteiger partial charge in [-0.1, -0.05) is 54.6 Å². The number of esters is 2. The van der Waals surface area contributed by atoms with Gasteiger partial charge in [0.1, 0.15) is 17.0 Å². The first kappa shape index (κ1) is 26.3. The normalized spacial score (nSPS) is 12.7. The first-order valence-electron chi connectivity index (χ1n) is 11.4. The van der Waals surface area contributed by atoms with Crippen LogP contribution in [0.15, 0.2) is 54.6 Å². The minimum absolute atomic E-state index is 0.00608. The summed E-state index contributed by atoms with van der Waals surface area (Å²) in [5.41, 5.74) is 1.92. The van der Waals surface area contributed by atoms with Gasteiger partial charge in [-0.2, -0.15) is 0 Å². The van der Waals surface area contributed by atoms with Crippen molar-refractivity contribution >= 4 is 17.7 Å². The van der Waals surface area contributed by atoms with Crippen LogP contribution in [0.2, 0.25) is 0 Å². The Bertz CT molecular complexity index is 931. The molecule has 33 heavy (non-hydrogen) atoms. The summed E-state index contributed by atoms with van der Waals surface area (Å²) < 4.78 is 10.7. The van der Waals surface area contributed by atoms with Gasteiger partial charge in [-0.05, 0) is 64.7 Å². The fourth-order valence-corrected chi connectivity index (χ4v) is 3.45. The molecular formula is C28H36O5. The highest BCUT2D eigenvalue weighted by Gasteiger charge is 2.27. The van der Waals surface area contributed by atoms with Crippen molar-refractivity contribution in [1.82, 2.24) is 0 Å². The largest absolute Gasteiger partial charge is 0.460 e. The van der Waals surface area contributed by atoms with Gasteiger partial charge in [0.2, 0.25) is 0 Å². The van der Waals surface area contributed by atoms with Crippen LogP contribution in [0.3, 0.4) is 0 Å². The van der Waals surface area contributed by atoms with E-state index in [1.165, 1.54) is 0 Å². The molecule has 0 aliphatic rings. The number of hydrogen-bond donors (Lipinski definition) is 0. The number of carbonyl (C=O) groups is 3. The molecule has 5 nitrogen and oxygen atoms in total. The maximum absolute atomic E-state index is 13.0. The standard InChI is InChI=1S/C28H36O5/c1-27(2,3)32-25(30)17-16-24(29)23(19-26(31)33-28(4,5)6)18-20-12-14-22(15-13-20)21-10-8-7-9-11-21/h7-15,23H,16-19H2,1-6H3/t23-/m1/s1. The third-order valence-corrected chi connectivity index (χ3v) is 4.83. The molecule has 0 N–H and O–H groups in total. The van der Waals surface area contributed by atoms with Gasteiger partial charge in [-0.3, -0.25) is 14.4 Å². The van der Waals surface area contributed by atoms with Crippen LogP contribution in [0.4, 0.5) is 0 Å². The monoisotopic (exact) mass is 452 g/mol. The predicted octanol–water partition coefficient (Wildman–Crippen LogP) is 5.94. The molecule has 0 bridgehead atoms. The number of ether oxygens (including phenoxy) is 2. The van der Waals surface area contributed by atoms with E-state index < -0.39 is 29.1 Å². The van der Waals surface area contributed by atoms with Gasteiger partial charge in [0, 0.05) is 12.3 Å². The Morgan fingerprint density at radius 1 is 0.697 bits per heavy atom. The number of benzene rings is 2. The van der Waals surface area contributed by atoms with Crippen LogP contribution in [0.1, 0.15) is 66.4 Å². The average molecular weight is 453 g/mol. The van der Waals surface area contributed by atoms with Gasteiger partial charge < -0.3 is 9.47 Å². The Kier molecular flexibility index (Phi) is 8.98. The summed E-state index contributed by atoms with van der Waals surface area (Å²) in [4.78, 5) is 37.5. The molecule has 178 valence electrons. The van der Waals surface area contributed by atoms with E-state index in [0.29, 0.717) is 6.42 Å². The second-order valence-corrected chi connectivity index (χ2v) is 10.3. The molecule has 0 saturated heterocycles. The highest BCUT2D eigenvalue weighted by atomic mass is 16.6. The summed E-state index contributed by atoms with van der Waals surface area (Å²) in [6, 6.07) is 18.0. The van der Waals surface area contributed by atoms with E-state index >= 15 is 0 Å². The molecule has 0 aromatic heterocycles. The Balaban J connectivity index is 2.10. The molecule has 0 fully saturated rings. The molecule has 0 aliphatic carbocycles. The SMILES string of the molecule is CC(C)(C)OC(=O)CCC(=O)[C@@H](CC(=O)OC(C)(C)C)Cc1ccc(-c2ccccc2)cc1. The van der Waals surface area contributed by atoms with Gasteiger partial charge >= 0.3 is 11.9 Å². The van der Waals surface area contributed by atoms with Crippen LogP contribution in [0.5, 0.6) is 0 Å². The van der Waals surface area contributed by atoms with Crippen molar-refractivity contribution < 1.29 is 23.9 Å². The van der Waals surface area contributed by atoms with E-state index in [-0.39, 0.29) is 25.0 Å². The Labute approximate surface area is 197 Å². The maximum Gasteiger partial charge on any atom is 0.307 e. The van der Waals surface area contributed by atoms with Gasteiger partial charge in [-0.25, -0.2) is 0 Å². The summed E-state index contributed by atoms with van der Waals surface area (Å²) in [5, 5.41) is 0. The number of hydrogen-bond acceptors (Lipinski definition) is 5. The van der Waals surface area contributed by atoms with Crippen molar-refractivity contribution in [2.24, 2.45) is 5.92 Å². The second-order valence-electron chi connectivity index (χ2n) is 10.3. The third kappa shape index (κ3) is 10.0. The number of Topliss-reactive ketones (excluding diaryl/α,β-unsaturated/α-hetero) is 1. The Morgan fingerprint density at radius 3 is 1.76 bits per heavy atom. The summed E-state index contributed by atoms with van der Waals surface area (Å²) in [5.74, 6) is -1.54. The first-order chi connectivity index (χ1) is 15.3. The van der Waals surface area contributed by atoms with E-state index in [1.807, 2.05) is 54.6 Å². The first-order valence-corrected chi connectivity index (χ1v) is 11.4. The molecule has 0 unspecified atom stereocenters. The molecule has 2 rings (SSSR count). The molecule has 0 heterocycles. The fourth-order valence-electron chi connectivity index (χ4n) is 3.45. The smallest absolute Gasteiger partial charge is 0.307 e. The quantitative estimate of drug-likeness (QED) is 0.441. The van der Waals surface area contributed by atoms with Crippen molar-refractivity contribution in [3.8, 4) is 11.1 Å². The summed E-state index contributed by atoms with van der Waals surface area (Å²) in [6.07, 6.45) is 0.407. The number of rotatable bonds is 9. The van der Waals surface area contributed by atoms with Crippen LogP contribution in [-0.2, 0) is 30.3 Å². The summed E-state index contributed by atoms with van der Waals surface area (Å²) >= 11 is 0. The van der Waals surface area contributed by atoms with Crippen molar-refractivity contribution in [3.05, 3.63) is 60.2 Å². The lowest BCUT2D eigenvalue weighted by molar-refractivity contribution is -0.157. The van der Waals surface area contributed by atoms with Crippen LogP contribution in [0, 0.1) is 5.92 Å². The Morgan fingerprint density at radius 2 is 1.21 bits per heavy atom. The van der Waals surface area contributed by atoms with Gasteiger partial charge in [0.25, 0.3) is 0 Å². The van der Waals surface area contributed by atoms with E-state index in [4.69, 9.17) is 9.47 Å². The molecule has 0 amide bonds. The molecule has 0 spiro atoms. The molecule has 2 aromatic rings. The molecule has 0 radical (unpaired) electrons. The predicted molar refractivity (Wildman–Crippen MR) is 130 cm³/mol. The van der Waals surface area contributed by atoms with Crippen molar-refractivity contribution in [2.45, 2.75) is 78.4 Å². The van der Waals surface area contributed by atoms with E-state index in [2.05, 4.69) is 0 Å².